The van der Waals surface area contributed by atoms with Crippen molar-refractivity contribution in [1.82, 2.24) is 25.0 Å². The van der Waals surface area contributed by atoms with Crippen LogP contribution in [0.2, 0.25) is 0 Å². The summed E-state index contributed by atoms with van der Waals surface area (Å²) in [6.07, 6.45) is 13.5. The summed E-state index contributed by atoms with van der Waals surface area (Å²) in [6.45, 7) is 2.41. The highest BCUT2D eigenvalue weighted by Crippen LogP contribution is 2.27. The van der Waals surface area contributed by atoms with Crippen molar-refractivity contribution >= 4 is 17.4 Å². The number of nitrogens with one attached hydrogen (secondary N) is 2. The van der Waals surface area contributed by atoms with Crippen LogP contribution in [0.5, 0.6) is 0 Å². The van der Waals surface area contributed by atoms with Crippen molar-refractivity contribution in [2.24, 2.45) is 0 Å². The van der Waals surface area contributed by atoms with E-state index in [2.05, 4.69) is 21.8 Å². The van der Waals surface area contributed by atoms with Gasteiger partial charge in [0.2, 0.25) is 0 Å². The van der Waals surface area contributed by atoms with Crippen LogP contribution in [0.3, 0.4) is 0 Å². The van der Waals surface area contributed by atoms with E-state index in [9.17, 15) is 4.79 Å². The molecule has 3 heterocycles. The number of hydrogen-bond donors (Lipinski definition) is 3. The molecule has 2 aromatic heterocycles. The van der Waals surface area contributed by atoms with Crippen molar-refractivity contribution in [1.29, 1.82) is 0 Å². The largest absolute Gasteiger partial charge is 0.497 e. The summed E-state index contributed by atoms with van der Waals surface area (Å²) in [4.78, 5) is 21.8. The van der Waals surface area contributed by atoms with Crippen LogP contribution in [0.25, 0.3) is 16.9 Å². The number of nitrogens with two attached hydrogens (primary N) is 1. The van der Waals surface area contributed by atoms with Crippen LogP contribution < -0.4 is 16.4 Å². The van der Waals surface area contributed by atoms with Crippen molar-refractivity contribution in [3.05, 3.63) is 83.6 Å². The molecule has 0 bridgehead atoms. The van der Waals surface area contributed by atoms with Crippen molar-refractivity contribution < 1.29 is 9.53 Å². The number of carbonyl (C=O) groups excluding carboxylic acids is 1. The number of hydrogen-bond acceptors (Lipinski definition) is 6. The minimum absolute atomic E-state index is 0.115. The third kappa shape index (κ3) is 4.45. The van der Waals surface area contributed by atoms with Crippen molar-refractivity contribution in [2.45, 2.75) is 18.8 Å². The molecule has 1 saturated heterocycles. The number of imidazole rings is 1. The first kappa shape index (κ1) is 21.9. The fourth-order valence-electron chi connectivity index (χ4n) is 4.34. The number of methoxy groups -OCH3 is 1. The Morgan fingerprint density at radius 2 is 2.15 bits per heavy atom. The van der Waals surface area contributed by atoms with Gasteiger partial charge in [-0.25, -0.2) is 9.97 Å². The topological polar surface area (TPSA) is 107 Å². The standard InChI is InChI=1S/C26H28N6O2/c1-34-21-4-2-3-17(5-10-21)13-30-26(33)19-8-6-18(7-9-19)23-15-29-24(27)25-31-22(16-32(23)25)20-11-12-28-14-20/h2,4-10,15-16,20,28H,3,11-14H2,1H3,(H2,27,29)(H,30,33). The van der Waals surface area contributed by atoms with Gasteiger partial charge in [-0.05, 0) is 49.2 Å². The molecule has 1 aromatic carbocycles. The number of fused-ring (bicyclic) bond motifs is 1. The number of nitrogen functional groups attached to an aromatic ring is 1. The third-order valence-corrected chi connectivity index (χ3v) is 6.32. The molecule has 34 heavy (non-hydrogen) atoms. The highest BCUT2D eigenvalue weighted by atomic mass is 16.5. The first-order valence-electron chi connectivity index (χ1n) is 11.5. The molecule has 0 radical (unpaired) electrons. The number of anilines is 1. The van der Waals surface area contributed by atoms with Gasteiger partial charge >= 0.3 is 0 Å². The molecule has 0 saturated carbocycles. The Morgan fingerprint density at radius 3 is 2.91 bits per heavy atom. The Labute approximate surface area is 198 Å². The molecular formula is C26H28N6O2. The second-order valence-corrected chi connectivity index (χ2v) is 8.54. The van der Waals surface area contributed by atoms with Gasteiger partial charge in [0, 0.05) is 36.3 Å². The predicted octanol–water partition coefficient (Wildman–Crippen LogP) is 3.20. The second kappa shape index (κ2) is 9.52. The van der Waals surface area contributed by atoms with Crippen LogP contribution in [0, 0.1) is 0 Å². The summed E-state index contributed by atoms with van der Waals surface area (Å²) < 4.78 is 7.24. The van der Waals surface area contributed by atoms with Gasteiger partial charge in [0.15, 0.2) is 11.5 Å². The molecule has 174 valence electrons. The van der Waals surface area contributed by atoms with Crippen molar-refractivity contribution in [3.63, 3.8) is 0 Å². The highest BCUT2D eigenvalue weighted by molar-refractivity contribution is 5.94. The van der Waals surface area contributed by atoms with E-state index in [0.29, 0.717) is 29.5 Å². The SMILES string of the molecule is COC1=CC=C(CNC(=O)c2ccc(-c3cnc(N)c4nc(C5CCNC5)cn34)cc2)CC=C1. The molecule has 0 spiro atoms. The lowest BCUT2D eigenvalue weighted by molar-refractivity contribution is 0.0957. The molecule has 3 aromatic rings. The van der Waals surface area contributed by atoms with E-state index in [4.69, 9.17) is 15.5 Å². The summed E-state index contributed by atoms with van der Waals surface area (Å²) in [5.74, 6) is 1.48. The molecule has 1 unspecified atom stereocenters. The lowest BCUT2D eigenvalue weighted by Crippen LogP contribution is -2.25. The molecule has 5 rings (SSSR count). The second-order valence-electron chi connectivity index (χ2n) is 8.54. The maximum absolute atomic E-state index is 12.7. The molecule has 8 heteroatoms. The number of nitrogens with zero attached hydrogens (tertiary/aromatic N) is 3. The van der Waals surface area contributed by atoms with Crippen LogP contribution in [-0.4, -0.2) is 47.0 Å². The Kier molecular flexibility index (Phi) is 6.14. The minimum Gasteiger partial charge on any atom is -0.497 e. The van der Waals surface area contributed by atoms with Gasteiger partial charge in [-0.2, -0.15) is 0 Å². The Morgan fingerprint density at radius 1 is 1.29 bits per heavy atom. The first-order chi connectivity index (χ1) is 16.6. The number of carbonyl (C=O) groups is 1. The summed E-state index contributed by atoms with van der Waals surface area (Å²) >= 11 is 0. The Bertz CT molecular complexity index is 1300. The maximum Gasteiger partial charge on any atom is 0.251 e. The van der Waals surface area contributed by atoms with E-state index in [1.807, 2.05) is 53.0 Å². The quantitative estimate of drug-likeness (QED) is 0.526. The molecule has 1 atom stereocenters. The number of aromatic nitrogens is 3. The smallest absolute Gasteiger partial charge is 0.251 e. The van der Waals surface area contributed by atoms with E-state index in [0.717, 1.165) is 54.2 Å². The Hall–Kier alpha value is -3.91. The van der Waals surface area contributed by atoms with Gasteiger partial charge < -0.3 is 21.1 Å². The van der Waals surface area contributed by atoms with Crippen LogP contribution >= 0.6 is 0 Å². The molecule has 1 aliphatic carbocycles. The first-order valence-corrected chi connectivity index (χ1v) is 11.5. The Balaban J connectivity index is 1.32. The van der Waals surface area contributed by atoms with Crippen LogP contribution in [0.4, 0.5) is 5.82 Å². The van der Waals surface area contributed by atoms with E-state index in [1.54, 1.807) is 13.3 Å². The van der Waals surface area contributed by atoms with Crippen LogP contribution in [0.1, 0.15) is 34.8 Å². The number of benzene rings is 1. The fourth-order valence-corrected chi connectivity index (χ4v) is 4.34. The minimum atomic E-state index is -0.115. The van der Waals surface area contributed by atoms with Crippen LogP contribution in [0.15, 0.2) is 72.3 Å². The zero-order chi connectivity index (χ0) is 23.5. The number of allylic oxidation sites excluding steroid dienone is 4. The van der Waals surface area contributed by atoms with Gasteiger partial charge in [-0.1, -0.05) is 24.3 Å². The molecule has 1 fully saturated rings. The summed E-state index contributed by atoms with van der Waals surface area (Å²) in [6, 6.07) is 7.52. The number of rotatable bonds is 6. The zero-order valence-corrected chi connectivity index (χ0v) is 19.1. The lowest BCUT2D eigenvalue weighted by Gasteiger charge is -2.09. The van der Waals surface area contributed by atoms with Crippen molar-refractivity contribution in [2.75, 3.05) is 32.5 Å². The van der Waals surface area contributed by atoms with Gasteiger partial charge in [0.25, 0.3) is 5.91 Å². The van der Waals surface area contributed by atoms with Gasteiger partial charge in [-0.15, -0.1) is 0 Å². The highest BCUT2D eigenvalue weighted by Gasteiger charge is 2.21. The van der Waals surface area contributed by atoms with Gasteiger partial charge in [0.1, 0.15) is 5.76 Å². The fraction of sp³-hybridized carbons (Fsp3) is 0.269. The van der Waals surface area contributed by atoms with E-state index < -0.39 is 0 Å². The monoisotopic (exact) mass is 456 g/mol. The molecule has 8 nitrogen and oxygen atoms in total. The van der Waals surface area contributed by atoms with Gasteiger partial charge in [-0.3, -0.25) is 9.20 Å². The van der Waals surface area contributed by atoms with Crippen LogP contribution in [-0.2, 0) is 4.74 Å². The summed E-state index contributed by atoms with van der Waals surface area (Å²) in [7, 11) is 1.64. The van der Waals surface area contributed by atoms with E-state index in [-0.39, 0.29) is 5.91 Å². The molecule has 1 aliphatic heterocycles. The van der Waals surface area contributed by atoms with Gasteiger partial charge in [0.05, 0.1) is 24.7 Å². The number of amides is 1. The molecule has 2 aliphatic rings. The maximum atomic E-state index is 12.7. The molecular weight excluding hydrogens is 428 g/mol. The lowest BCUT2D eigenvalue weighted by atomic mass is 10.1. The average Bonchev–Trinajstić information content (AvgIpc) is 3.50. The van der Waals surface area contributed by atoms with E-state index >= 15 is 0 Å². The summed E-state index contributed by atoms with van der Waals surface area (Å²) in [5.41, 5.74) is 11.3. The summed E-state index contributed by atoms with van der Waals surface area (Å²) in [5, 5.41) is 6.38. The van der Waals surface area contributed by atoms with Crippen molar-refractivity contribution in [3.8, 4) is 11.3 Å². The zero-order valence-electron chi connectivity index (χ0n) is 19.1. The normalized spacial score (nSPS) is 17.9. The molecule has 1 amide bonds. The van der Waals surface area contributed by atoms with E-state index in [1.165, 1.54) is 0 Å². The molecule has 4 N–H and O–H groups in total. The third-order valence-electron chi connectivity index (χ3n) is 6.32. The average molecular weight is 457 g/mol. The number of ether oxygens (including phenoxy) is 1. The predicted molar refractivity (Wildman–Crippen MR) is 132 cm³/mol.